The predicted octanol–water partition coefficient (Wildman–Crippen LogP) is 2.30. The lowest BCUT2D eigenvalue weighted by molar-refractivity contribution is -0.132. The van der Waals surface area contributed by atoms with Crippen molar-refractivity contribution in [3.8, 4) is 0 Å². The van der Waals surface area contributed by atoms with Gasteiger partial charge in [0.15, 0.2) is 0 Å². The number of hydrogen-bond donors (Lipinski definition) is 2. The monoisotopic (exact) mass is 240 g/mol. The highest BCUT2D eigenvalue weighted by Gasteiger charge is 2.37. The van der Waals surface area contributed by atoms with Gasteiger partial charge in [0.25, 0.3) is 0 Å². The number of hydrogen-bond acceptors (Lipinski definition) is 2. The first-order chi connectivity index (χ1) is 8.02. The summed E-state index contributed by atoms with van der Waals surface area (Å²) in [5, 5.41) is 3.11. The fraction of sp³-hybridized carbons (Fsp3) is 0.929. The normalized spacial score (nSPS) is 21.2. The van der Waals surface area contributed by atoms with Gasteiger partial charge in [0.05, 0.1) is 5.41 Å². The van der Waals surface area contributed by atoms with Crippen molar-refractivity contribution in [3.63, 3.8) is 0 Å². The van der Waals surface area contributed by atoms with Crippen LogP contribution in [0.15, 0.2) is 0 Å². The second kappa shape index (κ2) is 6.39. The van der Waals surface area contributed by atoms with E-state index < -0.39 is 0 Å². The molecule has 17 heavy (non-hydrogen) atoms. The predicted molar refractivity (Wildman–Crippen MR) is 71.6 cm³/mol. The van der Waals surface area contributed by atoms with Crippen LogP contribution in [0, 0.1) is 17.3 Å². The molecule has 1 unspecified atom stereocenters. The van der Waals surface area contributed by atoms with Crippen molar-refractivity contribution in [3.05, 3.63) is 0 Å². The Morgan fingerprint density at radius 2 is 1.82 bits per heavy atom. The minimum absolute atomic E-state index is 0.187. The average Bonchev–Trinajstić information content (AvgIpc) is 2.36. The first kappa shape index (κ1) is 14.5. The molecule has 0 aromatic heterocycles. The molecular formula is C14H28N2O. The molecule has 3 N–H and O–H groups in total. The maximum atomic E-state index is 12.3. The molecule has 1 aliphatic rings. The van der Waals surface area contributed by atoms with Gasteiger partial charge in [0, 0.05) is 13.1 Å². The molecule has 0 spiro atoms. The van der Waals surface area contributed by atoms with Gasteiger partial charge in [-0.3, -0.25) is 4.79 Å². The molecule has 0 saturated heterocycles. The fourth-order valence-electron chi connectivity index (χ4n) is 2.43. The van der Waals surface area contributed by atoms with Gasteiger partial charge in [0.2, 0.25) is 5.91 Å². The Morgan fingerprint density at radius 3 is 2.29 bits per heavy atom. The van der Waals surface area contributed by atoms with Gasteiger partial charge >= 0.3 is 0 Å². The number of rotatable bonds is 5. The van der Waals surface area contributed by atoms with Crippen molar-refractivity contribution in [1.82, 2.24) is 5.32 Å². The van der Waals surface area contributed by atoms with Crippen LogP contribution in [0.2, 0.25) is 0 Å². The third kappa shape index (κ3) is 3.70. The zero-order valence-corrected chi connectivity index (χ0v) is 11.6. The molecule has 1 rings (SSSR count). The zero-order chi connectivity index (χ0) is 12.9. The molecule has 100 valence electrons. The van der Waals surface area contributed by atoms with Crippen LogP contribution in [0.1, 0.15) is 52.9 Å². The fourth-order valence-corrected chi connectivity index (χ4v) is 2.43. The van der Waals surface area contributed by atoms with Crippen molar-refractivity contribution < 1.29 is 4.79 Å². The van der Waals surface area contributed by atoms with Crippen LogP contribution in [0.3, 0.4) is 0 Å². The van der Waals surface area contributed by atoms with Crippen LogP contribution in [0.4, 0.5) is 0 Å². The molecule has 3 heteroatoms. The van der Waals surface area contributed by atoms with E-state index in [9.17, 15) is 4.79 Å². The Balaban J connectivity index is 2.49. The minimum atomic E-state index is -0.269. The maximum absolute atomic E-state index is 12.3. The van der Waals surface area contributed by atoms with Crippen molar-refractivity contribution in [1.29, 1.82) is 0 Å². The summed E-state index contributed by atoms with van der Waals surface area (Å²) in [7, 11) is 0. The van der Waals surface area contributed by atoms with E-state index in [-0.39, 0.29) is 11.3 Å². The smallest absolute Gasteiger partial charge is 0.227 e. The van der Waals surface area contributed by atoms with Gasteiger partial charge in [-0.25, -0.2) is 0 Å². The highest BCUT2D eigenvalue weighted by Crippen LogP contribution is 2.35. The van der Waals surface area contributed by atoms with E-state index in [0.717, 1.165) is 32.2 Å². The summed E-state index contributed by atoms with van der Waals surface area (Å²) in [6, 6.07) is 0. The molecule has 0 aromatic carbocycles. The lowest BCUT2D eigenvalue weighted by Crippen LogP contribution is -2.48. The molecule has 1 aliphatic carbocycles. The van der Waals surface area contributed by atoms with Gasteiger partial charge in [-0.05, 0) is 24.7 Å². The number of nitrogens with two attached hydrogens (primary N) is 1. The van der Waals surface area contributed by atoms with E-state index in [4.69, 9.17) is 5.73 Å². The summed E-state index contributed by atoms with van der Waals surface area (Å²) in [5.41, 5.74) is 5.58. The highest BCUT2D eigenvalue weighted by atomic mass is 16.2. The Kier molecular flexibility index (Phi) is 5.44. The lowest BCUT2D eigenvalue weighted by atomic mass is 9.73. The molecule has 1 saturated carbocycles. The summed E-state index contributed by atoms with van der Waals surface area (Å²) in [6.07, 6.45) is 5.46. The molecule has 0 radical (unpaired) electrons. The topological polar surface area (TPSA) is 55.1 Å². The third-order valence-corrected chi connectivity index (χ3v) is 4.41. The van der Waals surface area contributed by atoms with Crippen molar-refractivity contribution >= 4 is 5.91 Å². The second-order valence-corrected chi connectivity index (χ2v) is 5.98. The zero-order valence-electron chi connectivity index (χ0n) is 11.6. The van der Waals surface area contributed by atoms with Crippen LogP contribution in [0.25, 0.3) is 0 Å². The van der Waals surface area contributed by atoms with Crippen molar-refractivity contribution in [2.75, 3.05) is 13.1 Å². The molecule has 0 heterocycles. The standard InChI is InChI=1S/C14H28N2O/c1-11(2)12(3)9-16-13(17)14(10-15)7-5-4-6-8-14/h11-12H,4-10,15H2,1-3H3,(H,16,17). The first-order valence-corrected chi connectivity index (χ1v) is 7.00. The maximum Gasteiger partial charge on any atom is 0.227 e. The summed E-state index contributed by atoms with van der Waals surface area (Å²) in [5.74, 6) is 1.32. The first-order valence-electron chi connectivity index (χ1n) is 7.00. The van der Waals surface area contributed by atoms with Crippen LogP contribution < -0.4 is 11.1 Å². The van der Waals surface area contributed by atoms with Gasteiger partial charge in [-0.1, -0.05) is 40.0 Å². The Labute approximate surface area is 106 Å². The van der Waals surface area contributed by atoms with E-state index in [0.29, 0.717) is 18.4 Å². The van der Waals surface area contributed by atoms with E-state index in [1.165, 1.54) is 6.42 Å². The molecule has 1 fully saturated rings. The van der Waals surface area contributed by atoms with Crippen molar-refractivity contribution in [2.45, 2.75) is 52.9 Å². The van der Waals surface area contributed by atoms with E-state index >= 15 is 0 Å². The summed E-state index contributed by atoms with van der Waals surface area (Å²) >= 11 is 0. The molecule has 3 nitrogen and oxygen atoms in total. The largest absolute Gasteiger partial charge is 0.355 e. The van der Waals surface area contributed by atoms with E-state index in [1.54, 1.807) is 0 Å². The molecular weight excluding hydrogens is 212 g/mol. The highest BCUT2D eigenvalue weighted by molar-refractivity contribution is 5.83. The van der Waals surface area contributed by atoms with Gasteiger partial charge in [-0.15, -0.1) is 0 Å². The summed E-state index contributed by atoms with van der Waals surface area (Å²) < 4.78 is 0. The SMILES string of the molecule is CC(C)C(C)CNC(=O)C1(CN)CCCCC1. The quantitative estimate of drug-likeness (QED) is 0.774. The van der Waals surface area contributed by atoms with Crippen LogP contribution in [-0.2, 0) is 4.79 Å². The van der Waals surface area contributed by atoms with Gasteiger partial charge in [0.1, 0.15) is 0 Å². The second-order valence-electron chi connectivity index (χ2n) is 5.98. The number of nitrogens with one attached hydrogen (secondary N) is 1. The number of amides is 1. The van der Waals surface area contributed by atoms with Gasteiger partial charge < -0.3 is 11.1 Å². The molecule has 0 bridgehead atoms. The number of carbonyl (C=O) groups excluding carboxylic acids is 1. The Hall–Kier alpha value is -0.570. The van der Waals surface area contributed by atoms with Crippen molar-refractivity contribution in [2.24, 2.45) is 23.0 Å². The third-order valence-electron chi connectivity index (χ3n) is 4.41. The molecule has 0 aliphatic heterocycles. The van der Waals surface area contributed by atoms with Crippen LogP contribution >= 0.6 is 0 Å². The minimum Gasteiger partial charge on any atom is -0.355 e. The Morgan fingerprint density at radius 1 is 1.24 bits per heavy atom. The van der Waals surface area contributed by atoms with E-state index in [2.05, 4.69) is 26.1 Å². The van der Waals surface area contributed by atoms with Crippen LogP contribution in [0.5, 0.6) is 0 Å². The number of carbonyl (C=O) groups is 1. The van der Waals surface area contributed by atoms with Crippen LogP contribution in [-0.4, -0.2) is 19.0 Å². The summed E-state index contributed by atoms with van der Waals surface area (Å²) in [6.45, 7) is 7.83. The molecule has 1 amide bonds. The molecule has 1 atom stereocenters. The molecule has 0 aromatic rings. The van der Waals surface area contributed by atoms with Gasteiger partial charge in [-0.2, -0.15) is 0 Å². The van der Waals surface area contributed by atoms with E-state index in [1.807, 2.05) is 0 Å². The Bertz CT molecular complexity index is 245. The average molecular weight is 240 g/mol. The summed E-state index contributed by atoms with van der Waals surface area (Å²) in [4.78, 5) is 12.3. The lowest BCUT2D eigenvalue weighted by Gasteiger charge is -2.35.